The van der Waals surface area contributed by atoms with Crippen LogP contribution in [0.25, 0.3) is 22.0 Å². The molecule has 0 N–H and O–H groups in total. The summed E-state index contributed by atoms with van der Waals surface area (Å²) in [4.78, 5) is 11.6. The predicted molar refractivity (Wildman–Crippen MR) is 68.6 cm³/mol. The van der Waals surface area contributed by atoms with E-state index < -0.39 is 5.97 Å². The monoisotopic (exact) mass is 243 g/mol. The normalized spacial score (nSPS) is 11.2. The molecule has 0 spiro atoms. The second-order valence-electron chi connectivity index (χ2n) is 4.12. The van der Waals surface area contributed by atoms with Crippen molar-refractivity contribution in [3.8, 4) is 0 Å². The van der Waals surface area contributed by atoms with Gasteiger partial charge in [0.25, 0.3) is 0 Å². The van der Waals surface area contributed by atoms with Crippen LogP contribution in [-0.2, 0) is 11.8 Å². The summed E-state index contributed by atoms with van der Waals surface area (Å²) in [6.45, 7) is 2.12. The van der Waals surface area contributed by atoms with Crippen molar-refractivity contribution in [3.63, 3.8) is 0 Å². The molecular formula is C14H13NO3. The number of esters is 1. The molecule has 0 amide bonds. The van der Waals surface area contributed by atoms with Crippen LogP contribution < -0.4 is 0 Å². The third kappa shape index (κ3) is 1.42. The Morgan fingerprint density at radius 3 is 2.89 bits per heavy atom. The van der Waals surface area contributed by atoms with Gasteiger partial charge in [-0.2, -0.15) is 0 Å². The van der Waals surface area contributed by atoms with Crippen molar-refractivity contribution in [2.24, 2.45) is 7.05 Å². The van der Waals surface area contributed by atoms with Crippen LogP contribution in [0, 0.1) is 0 Å². The van der Waals surface area contributed by atoms with E-state index in [1.54, 1.807) is 13.0 Å². The second kappa shape index (κ2) is 3.91. The highest BCUT2D eigenvalue weighted by Gasteiger charge is 2.18. The molecule has 0 radical (unpaired) electrons. The summed E-state index contributed by atoms with van der Waals surface area (Å²) < 4.78 is 12.6. The standard InChI is InChI=1S/C14H13NO3/c1-3-17-14(16)12-8-11-13(18-12)9-6-4-5-7-10(9)15(11)2/h4-8H,3H2,1-2H3. The minimum Gasteiger partial charge on any atom is -0.460 e. The molecule has 0 atom stereocenters. The van der Waals surface area contributed by atoms with Crippen LogP contribution in [0.3, 0.4) is 0 Å². The maximum absolute atomic E-state index is 11.6. The first kappa shape index (κ1) is 10.9. The first-order chi connectivity index (χ1) is 8.72. The van der Waals surface area contributed by atoms with Crippen LogP contribution in [-0.4, -0.2) is 17.1 Å². The molecule has 0 fully saturated rings. The molecule has 18 heavy (non-hydrogen) atoms. The van der Waals surface area contributed by atoms with Crippen molar-refractivity contribution in [2.75, 3.05) is 6.61 Å². The lowest BCUT2D eigenvalue weighted by atomic mass is 10.2. The topological polar surface area (TPSA) is 44.4 Å². The number of fused-ring (bicyclic) bond motifs is 3. The van der Waals surface area contributed by atoms with E-state index in [-0.39, 0.29) is 5.76 Å². The summed E-state index contributed by atoms with van der Waals surface area (Å²) in [5, 5.41) is 1.01. The number of furan rings is 1. The molecule has 2 aromatic heterocycles. The maximum Gasteiger partial charge on any atom is 0.374 e. The Morgan fingerprint density at radius 1 is 1.33 bits per heavy atom. The van der Waals surface area contributed by atoms with Gasteiger partial charge in [-0.05, 0) is 19.1 Å². The fraction of sp³-hybridized carbons (Fsp3) is 0.214. The lowest BCUT2D eigenvalue weighted by molar-refractivity contribution is 0.0493. The van der Waals surface area contributed by atoms with Gasteiger partial charge in [-0.25, -0.2) is 4.79 Å². The van der Waals surface area contributed by atoms with E-state index in [0.29, 0.717) is 6.61 Å². The number of aromatic nitrogens is 1. The van der Waals surface area contributed by atoms with E-state index in [0.717, 1.165) is 22.0 Å². The number of para-hydroxylation sites is 1. The zero-order valence-electron chi connectivity index (χ0n) is 10.3. The molecule has 0 aliphatic carbocycles. The van der Waals surface area contributed by atoms with Gasteiger partial charge < -0.3 is 13.7 Å². The smallest absolute Gasteiger partial charge is 0.374 e. The Labute approximate surface area is 104 Å². The molecule has 4 nitrogen and oxygen atoms in total. The van der Waals surface area contributed by atoms with E-state index in [2.05, 4.69) is 0 Å². The van der Waals surface area contributed by atoms with Gasteiger partial charge in [-0.1, -0.05) is 12.1 Å². The van der Waals surface area contributed by atoms with Gasteiger partial charge in [0.15, 0.2) is 5.58 Å². The molecule has 0 unspecified atom stereocenters. The summed E-state index contributed by atoms with van der Waals surface area (Å²) in [5.74, 6) is -0.166. The van der Waals surface area contributed by atoms with Gasteiger partial charge in [0, 0.05) is 18.5 Å². The summed E-state index contributed by atoms with van der Waals surface area (Å²) >= 11 is 0. The molecular weight excluding hydrogens is 230 g/mol. The maximum atomic E-state index is 11.6. The van der Waals surface area contributed by atoms with Crippen LogP contribution in [0.5, 0.6) is 0 Å². The van der Waals surface area contributed by atoms with E-state index >= 15 is 0 Å². The van der Waals surface area contributed by atoms with Crippen molar-refractivity contribution in [1.29, 1.82) is 0 Å². The number of benzene rings is 1. The quantitative estimate of drug-likeness (QED) is 0.649. The number of carbonyl (C=O) groups excluding carboxylic acids is 1. The molecule has 0 saturated heterocycles. The van der Waals surface area contributed by atoms with Crippen LogP contribution in [0.1, 0.15) is 17.5 Å². The second-order valence-corrected chi connectivity index (χ2v) is 4.12. The predicted octanol–water partition coefficient (Wildman–Crippen LogP) is 3.10. The molecule has 4 heteroatoms. The number of carbonyl (C=O) groups is 1. The Bertz CT molecular complexity index is 736. The SMILES string of the molecule is CCOC(=O)c1cc2c(o1)c1ccccc1n2C. The summed E-state index contributed by atoms with van der Waals surface area (Å²) in [6, 6.07) is 9.67. The minimum absolute atomic E-state index is 0.253. The highest BCUT2D eigenvalue weighted by Crippen LogP contribution is 2.30. The largest absolute Gasteiger partial charge is 0.460 e. The number of hydrogen-bond acceptors (Lipinski definition) is 3. The van der Waals surface area contributed by atoms with Gasteiger partial charge in [-0.15, -0.1) is 0 Å². The number of hydrogen-bond donors (Lipinski definition) is 0. The van der Waals surface area contributed by atoms with Gasteiger partial charge >= 0.3 is 5.97 Å². The third-order valence-electron chi connectivity index (χ3n) is 3.06. The first-order valence-electron chi connectivity index (χ1n) is 5.86. The molecule has 0 aliphatic heterocycles. The van der Waals surface area contributed by atoms with Gasteiger partial charge in [0.2, 0.25) is 5.76 Å². The Balaban J connectivity index is 2.24. The lowest BCUT2D eigenvalue weighted by Crippen LogP contribution is -2.02. The minimum atomic E-state index is -0.419. The molecule has 1 aromatic carbocycles. The highest BCUT2D eigenvalue weighted by atomic mass is 16.5. The van der Waals surface area contributed by atoms with Crippen molar-refractivity contribution >= 4 is 28.0 Å². The van der Waals surface area contributed by atoms with Gasteiger partial charge in [-0.3, -0.25) is 0 Å². The number of rotatable bonds is 2. The zero-order chi connectivity index (χ0) is 12.7. The summed E-state index contributed by atoms with van der Waals surface area (Å²) in [6.07, 6.45) is 0. The molecule has 2 heterocycles. The van der Waals surface area contributed by atoms with Crippen molar-refractivity contribution in [3.05, 3.63) is 36.1 Å². The molecule has 3 rings (SSSR count). The van der Waals surface area contributed by atoms with Crippen molar-refractivity contribution in [2.45, 2.75) is 6.92 Å². The fourth-order valence-electron chi connectivity index (χ4n) is 2.21. The van der Waals surface area contributed by atoms with E-state index in [1.165, 1.54) is 0 Å². The van der Waals surface area contributed by atoms with E-state index in [1.807, 2.05) is 35.9 Å². The Hall–Kier alpha value is -2.23. The highest BCUT2D eigenvalue weighted by molar-refractivity contribution is 6.06. The number of ether oxygens (including phenoxy) is 1. The number of aryl methyl sites for hydroxylation is 1. The molecule has 0 bridgehead atoms. The Morgan fingerprint density at radius 2 is 2.11 bits per heavy atom. The summed E-state index contributed by atoms with van der Waals surface area (Å²) in [5.41, 5.74) is 2.72. The lowest BCUT2D eigenvalue weighted by Gasteiger charge is -1.97. The zero-order valence-corrected chi connectivity index (χ0v) is 10.3. The van der Waals surface area contributed by atoms with E-state index in [4.69, 9.17) is 9.15 Å². The summed E-state index contributed by atoms with van der Waals surface area (Å²) in [7, 11) is 1.95. The van der Waals surface area contributed by atoms with Crippen LogP contribution >= 0.6 is 0 Å². The van der Waals surface area contributed by atoms with Crippen LogP contribution in [0.15, 0.2) is 34.7 Å². The van der Waals surface area contributed by atoms with Gasteiger partial charge in [0.05, 0.1) is 17.6 Å². The van der Waals surface area contributed by atoms with Crippen LogP contribution in [0.2, 0.25) is 0 Å². The molecule has 92 valence electrons. The third-order valence-corrected chi connectivity index (χ3v) is 3.06. The van der Waals surface area contributed by atoms with Gasteiger partial charge in [0.1, 0.15) is 0 Å². The first-order valence-corrected chi connectivity index (χ1v) is 5.86. The molecule has 3 aromatic rings. The van der Waals surface area contributed by atoms with Crippen LogP contribution in [0.4, 0.5) is 0 Å². The van der Waals surface area contributed by atoms with E-state index in [9.17, 15) is 4.79 Å². The Kier molecular flexibility index (Phi) is 2.37. The average Bonchev–Trinajstić information content (AvgIpc) is 2.91. The average molecular weight is 243 g/mol. The number of nitrogens with zero attached hydrogens (tertiary/aromatic N) is 1. The van der Waals surface area contributed by atoms with Crippen molar-refractivity contribution in [1.82, 2.24) is 4.57 Å². The fourth-order valence-corrected chi connectivity index (χ4v) is 2.21. The molecule has 0 saturated carbocycles. The van der Waals surface area contributed by atoms with Crippen molar-refractivity contribution < 1.29 is 13.9 Å². The molecule has 0 aliphatic rings.